The molecular weight excluding hydrogens is 429 g/mol. The summed E-state index contributed by atoms with van der Waals surface area (Å²) in [5.74, 6) is -1.75. The van der Waals surface area contributed by atoms with Gasteiger partial charge in [0.15, 0.2) is 0 Å². The number of nitrogens with zero attached hydrogens (tertiary/aromatic N) is 2. The highest BCUT2D eigenvalue weighted by Crippen LogP contribution is 2.25. The third-order valence-corrected chi connectivity index (χ3v) is 4.06. The molecule has 1 aliphatic heterocycles. The molecule has 12 heteroatoms. The first-order chi connectivity index (χ1) is 15.1. The van der Waals surface area contributed by atoms with Crippen molar-refractivity contribution in [3.63, 3.8) is 0 Å². The summed E-state index contributed by atoms with van der Waals surface area (Å²) in [5.41, 5.74) is 7.60. The van der Waals surface area contributed by atoms with Gasteiger partial charge in [0.2, 0.25) is 17.8 Å². The number of rotatable bonds is 5. The zero-order valence-corrected chi connectivity index (χ0v) is 16.7. The summed E-state index contributed by atoms with van der Waals surface area (Å²) in [6.07, 6.45) is -5.20. The van der Waals surface area contributed by atoms with Crippen molar-refractivity contribution in [1.82, 2.24) is 5.32 Å². The van der Waals surface area contributed by atoms with Crippen molar-refractivity contribution in [3.05, 3.63) is 54.1 Å². The molecule has 0 aromatic heterocycles. The van der Waals surface area contributed by atoms with Crippen molar-refractivity contribution < 1.29 is 27.5 Å². The molecule has 3 rings (SSSR count). The lowest BCUT2D eigenvalue weighted by molar-refractivity contribution is -0.274. The van der Waals surface area contributed by atoms with E-state index < -0.39 is 30.0 Å². The molecule has 0 saturated heterocycles. The number of alkyl halides is 3. The number of carbonyl (C=O) groups is 2. The number of carbonyl (C=O) groups excluding carboxylic acids is 2. The second kappa shape index (κ2) is 9.37. The molecule has 2 aromatic carbocycles. The Hall–Kier alpha value is -4.09. The van der Waals surface area contributed by atoms with Gasteiger partial charge in [-0.2, -0.15) is 4.99 Å². The standard InChI is InChI=1S/C20H19F3N6O3/c1-11-4-2-5-12(8-11)26-18(24)29-19-27-15(17(31)28-19)10-16(30)25-13-6-3-7-14(9-13)32-20(21,22)23/h2-9,15H,10H2,1H3,(H,25,30)(H4,24,26,27,28,29,31). The van der Waals surface area contributed by atoms with Gasteiger partial charge in [-0.3, -0.25) is 14.9 Å². The number of nitrogens with two attached hydrogens (primary N) is 1. The van der Waals surface area contributed by atoms with Crippen molar-refractivity contribution in [2.45, 2.75) is 25.7 Å². The average molecular weight is 448 g/mol. The maximum Gasteiger partial charge on any atom is 0.573 e. The fourth-order valence-corrected chi connectivity index (χ4v) is 2.80. The maximum atomic E-state index is 12.3. The number of hydrogen-bond donors (Lipinski definition) is 4. The summed E-state index contributed by atoms with van der Waals surface area (Å²) in [5, 5.41) is 7.67. The molecule has 0 fully saturated rings. The Morgan fingerprint density at radius 3 is 2.56 bits per heavy atom. The molecule has 32 heavy (non-hydrogen) atoms. The van der Waals surface area contributed by atoms with Gasteiger partial charge in [-0.15, -0.1) is 13.2 Å². The summed E-state index contributed by atoms with van der Waals surface area (Å²) >= 11 is 0. The maximum absolute atomic E-state index is 12.3. The van der Waals surface area contributed by atoms with Crippen LogP contribution < -0.4 is 26.4 Å². The normalized spacial score (nSPS) is 16.2. The van der Waals surface area contributed by atoms with E-state index in [4.69, 9.17) is 5.73 Å². The minimum absolute atomic E-state index is 0.0127. The first-order valence-electron chi connectivity index (χ1n) is 9.29. The molecule has 0 spiro atoms. The first kappa shape index (κ1) is 22.6. The molecule has 1 aliphatic rings. The lowest BCUT2D eigenvalue weighted by Gasteiger charge is -2.11. The third kappa shape index (κ3) is 6.72. The van der Waals surface area contributed by atoms with E-state index in [1.54, 1.807) is 6.07 Å². The van der Waals surface area contributed by atoms with Crippen molar-refractivity contribution in [3.8, 4) is 5.75 Å². The smallest absolute Gasteiger partial charge is 0.406 e. The fourth-order valence-electron chi connectivity index (χ4n) is 2.80. The van der Waals surface area contributed by atoms with Crippen LogP contribution in [0, 0.1) is 6.92 Å². The Kier molecular flexibility index (Phi) is 6.61. The van der Waals surface area contributed by atoms with Gasteiger partial charge < -0.3 is 21.1 Å². The number of guanidine groups is 2. The van der Waals surface area contributed by atoms with Gasteiger partial charge in [-0.25, -0.2) is 4.99 Å². The van der Waals surface area contributed by atoms with Crippen LogP contribution in [-0.4, -0.2) is 36.1 Å². The highest BCUT2D eigenvalue weighted by molar-refractivity contribution is 6.11. The monoisotopic (exact) mass is 448 g/mol. The summed E-state index contributed by atoms with van der Waals surface area (Å²) in [4.78, 5) is 32.3. The van der Waals surface area contributed by atoms with E-state index in [-0.39, 0.29) is 24.0 Å². The third-order valence-electron chi connectivity index (χ3n) is 4.06. The molecular formula is C20H19F3N6O3. The second-order valence-corrected chi connectivity index (χ2v) is 6.78. The molecule has 1 unspecified atom stereocenters. The lowest BCUT2D eigenvalue weighted by Crippen LogP contribution is -2.32. The minimum atomic E-state index is -4.85. The molecule has 5 N–H and O–H groups in total. The molecule has 1 atom stereocenters. The number of benzene rings is 2. The molecule has 0 bridgehead atoms. The number of anilines is 2. The highest BCUT2D eigenvalue weighted by atomic mass is 19.4. The van der Waals surface area contributed by atoms with Crippen molar-refractivity contribution in [2.75, 3.05) is 10.6 Å². The Bertz CT molecular complexity index is 1080. The summed E-state index contributed by atoms with van der Waals surface area (Å²) < 4.78 is 40.8. The van der Waals surface area contributed by atoms with Gasteiger partial charge in [-0.05, 0) is 36.8 Å². The Morgan fingerprint density at radius 2 is 1.88 bits per heavy atom. The number of hydrogen-bond acceptors (Lipinski definition) is 5. The number of nitrogens with one attached hydrogen (secondary N) is 3. The largest absolute Gasteiger partial charge is 0.573 e. The van der Waals surface area contributed by atoms with Crippen LogP contribution in [0.5, 0.6) is 5.75 Å². The number of aryl methyl sites for hydroxylation is 1. The predicted molar refractivity (Wildman–Crippen MR) is 112 cm³/mol. The van der Waals surface area contributed by atoms with Crippen LogP contribution in [-0.2, 0) is 9.59 Å². The average Bonchev–Trinajstić information content (AvgIpc) is 2.99. The van der Waals surface area contributed by atoms with Gasteiger partial charge in [0.25, 0.3) is 5.91 Å². The van der Waals surface area contributed by atoms with Gasteiger partial charge in [0.1, 0.15) is 11.8 Å². The van der Waals surface area contributed by atoms with Crippen molar-refractivity contribution in [2.24, 2.45) is 15.7 Å². The SMILES string of the molecule is Cc1cccc(N/C(N)=N/C2=NC(CC(=O)Nc3cccc(OC(F)(F)F)c3)C(=O)N2)c1. The number of aliphatic imine (C=N–C) groups is 2. The van der Waals surface area contributed by atoms with E-state index >= 15 is 0 Å². The minimum Gasteiger partial charge on any atom is -0.406 e. The molecule has 9 nitrogen and oxygen atoms in total. The van der Waals surface area contributed by atoms with E-state index in [2.05, 4.69) is 30.7 Å². The fraction of sp³-hybridized carbons (Fsp3) is 0.200. The molecule has 0 radical (unpaired) electrons. The van der Waals surface area contributed by atoms with Crippen LogP contribution in [0.3, 0.4) is 0 Å². The van der Waals surface area contributed by atoms with Crippen LogP contribution >= 0.6 is 0 Å². The van der Waals surface area contributed by atoms with Crippen molar-refractivity contribution in [1.29, 1.82) is 0 Å². The topological polar surface area (TPSA) is 130 Å². The number of ether oxygens (including phenoxy) is 1. The van der Waals surface area contributed by atoms with Crippen LogP contribution in [0.2, 0.25) is 0 Å². The number of halogens is 3. The van der Waals surface area contributed by atoms with E-state index in [0.29, 0.717) is 5.69 Å². The van der Waals surface area contributed by atoms with Crippen molar-refractivity contribution >= 4 is 35.1 Å². The molecule has 2 amide bonds. The molecule has 168 valence electrons. The van der Waals surface area contributed by atoms with Gasteiger partial charge in [0, 0.05) is 17.4 Å². The molecule has 0 aliphatic carbocycles. The summed E-state index contributed by atoms with van der Waals surface area (Å²) in [7, 11) is 0. The highest BCUT2D eigenvalue weighted by Gasteiger charge is 2.31. The number of amides is 2. The van der Waals surface area contributed by atoms with E-state index in [9.17, 15) is 22.8 Å². The van der Waals surface area contributed by atoms with E-state index in [1.165, 1.54) is 12.1 Å². The van der Waals surface area contributed by atoms with Gasteiger partial charge >= 0.3 is 6.36 Å². The first-order valence-corrected chi connectivity index (χ1v) is 9.29. The Balaban J connectivity index is 1.59. The summed E-state index contributed by atoms with van der Waals surface area (Å²) in [6, 6.07) is 11.1. The molecule has 2 aromatic rings. The lowest BCUT2D eigenvalue weighted by atomic mass is 10.2. The van der Waals surface area contributed by atoms with E-state index in [0.717, 1.165) is 17.7 Å². The van der Waals surface area contributed by atoms with Gasteiger partial charge in [-0.1, -0.05) is 18.2 Å². The van der Waals surface area contributed by atoms with Crippen LogP contribution in [0.1, 0.15) is 12.0 Å². The van der Waals surface area contributed by atoms with Crippen LogP contribution in [0.15, 0.2) is 58.5 Å². The van der Waals surface area contributed by atoms with Gasteiger partial charge in [0.05, 0.1) is 6.42 Å². The predicted octanol–water partition coefficient (Wildman–Crippen LogP) is 2.50. The Labute approximate surface area is 180 Å². The molecule has 0 saturated carbocycles. The second-order valence-electron chi connectivity index (χ2n) is 6.78. The van der Waals surface area contributed by atoms with Crippen LogP contribution in [0.25, 0.3) is 0 Å². The zero-order chi connectivity index (χ0) is 23.3. The van der Waals surface area contributed by atoms with Crippen LogP contribution in [0.4, 0.5) is 24.5 Å². The zero-order valence-electron chi connectivity index (χ0n) is 16.7. The summed E-state index contributed by atoms with van der Waals surface area (Å²) in [6.45, 7) is 1.91. The Morgan fingerprint density at radius 1 is 1.19 bits per heavy atom. The quantitative estimate of drug-likeness (QED) is 0.413. The molecule has 1 heterocycles. The van der Waals surface area contributed by atoms with E-state index in [1.807, 2.05) is 25.1 Å².